The summed E-state index contributed by atoms with van der Waals surface area (Å²) in [5.41, 5.74) is 2.04. The lowest BCUT2D eigenvalue weighted by Gasteiger charge is -2.37. The van der Waals surface area contributed by atoms with Crippen LogP contribution in [0.5, 0.6) is 0 Å². The molecule has 3 heterocycles. The summed E-state index contributed by atoms with van der Waals surface area (Å²) < 4.78 is 29.2. The molecule has 2 aliphatic rings. The Morgan fingerprint density at radius 1 is 0.886 bits per heavy atom. The lowest BCUT2D eigenvalue weighted by atomic mass is 9.89. The lowest BCUT2D eigenvalue weighted by Crippen LogP contribution is -2.46. The lowest BCUT2D eigenvalue weighted by molar-refractivity contribution is -0.138. The van der Waals surface area contributed by atoms with Crippen molar-refractivity contribution < 1.29 is 13.2 Å². The van der Waals surface area contributed by atoms with E-state index < -0.39 is 10.0 Å². The number of carbonyl (C=O) groups excluding carboxylic acids is 1. The third-order valence-corrected chi connectivity index (χ3v) is 9.10. The fraction of sp³-hybridized carbons (Fsp3) is 0.440. The van der Waals surface area contributed by atoms with E-state index in [4.69, 9.17) is 0 Å². The number of hydrogen-bond acceptors (Lipinski definition) is 6. The van der Waals surface area contributed by atoms with Gasteiger partial charge >= 0.3 is 0 Å². The molecule has 3 aromatic rings. The molecule has 2 aliphatic heterocycles. The zero-order valence-electron chi connectivity index (χ0n) is 19.6. The summed E-state index contributed by atoms with van der Waals surface area (Å²) in [7, 11) is -3.61. The topological polar surface area (TPSA) is 101 Å². The molecular weight excluding hydrogens is 464 g/mol. The van der Waals surface area contributed by atoms with Crippen LogP contribution in [0.2, 0.25) is 0 Å². The van der Waals surface area contributed by atoms with Gasteiger partial charge in [0.15, 0.2) is 0 Å². The van der Waals surface area contributed by atoms with Crippen molar-refractivity contribution in [2.45, 2.75) is 37.0 Å². The van der Waals surface area contributed by atoms with E-state index >= 15 is 0 Å². The maximum Gasteiger partial charge on any atom is 0.243 e. The summed E-state index contributed by atoms with van der Waals surface area (Å²) in [6, 6.07) is 17.0. The van der Waals surface area contributed by atoms with Gasteiger partial charge in [-0.15, -0.1) is 5.10 Å². The first-order valence-corrected chi connectivity index (χ1v) is 13.6. The van der Waals surface area contributed by atoms with Crippen LogP contribution >= 0.6 is 0 Å². The quantitative estimate of drug-likeness (QED) is 0.522. The molecule has 35 heavy (non-hydrogen) atoms. The Hall–Kier alpha value is -3.11. The SMILES string of the molecule is O=C(C1CCN(S(=O)(=O)c2ccc(-n3cnnn3)cc2)CC1)N1CCC(Cc2ccccc2)CC1. The molecule has 1 aromatic heterocycles. The summed E-state index contributed by atoms with van der Waals surface area (Å²) in [4.78, 5) is 15.4. The molecule has 0 N–H and O–H groups in total. The Morgan fingerprint density at radius 3 is 2.20 bits per heavy atom. The van der Waals surface area contributed by atoms with Gasteiger partial charge in [-0.25, -0.2) is 13.1 Å². The van der Waals surface area contributed by atoms with Gasteiger partial charge < -0.3 is 4.90 Å². The smallest absolute Gasteiger partial charge is 0.243 e. The van der Waals surface area contributed by atoms with Crippen LogP contribution in [0.3, 0.4) is 0 Å². The van der Waals surface area contributed by atoms with E-state index in [1.807, 2.05) is 11.0 Å². The standard InChI is InChI=1S/C25H30N6O3S/c32-25(29-14-10-21(11-15-29)18-20-4-2-1-3-5-20)22-12-16-30(17-13-22)35(33,34)24-8-6-23(7-9-24)31-19-26-27-28-31/h1-9,19,21-22H,10-18H2. The molecule has 0 atom stereocenters. The molecule has 2 aromatic carbocycles. The normalized spacial score (nSPS) is 18.6. The Labute approximate surface area is 205 Å². The minimum absolute atomic E-state index is 0.102. The van der Waals surface area contributed by atoms with Gasteiger partial charge in [0.25, 0.3) is 0 Å². The van der Waals surface area contributed by atoms with Crippen molar-refractivity contribution >= 4 is 15.9 Å². The molecule has 9 nitrogen and oxygen atoms in total. The second kappa shape index (κ2) is 10.2. The molecule has 2 saturated heterocycles. The van der Waals surface area contributed by atoms with Crippen molar-refractivity contribution in [2.24, 2.45) is 11.8 Å². The maximum absolute atomic E-state index is 13.1. The van der Waals surface area contributed by atoms with Gasteiger partial charge in [0.1, 0.15) is 6.33 Å². The summed E-state index contributed by atoms with van der Waals surface area (Å²) in [5.74, 6) is 0.695. The van der Waals surface area contributed by atoms with E-state index in [0.29, 0.717) is 37.5 Å². The highest BCUT2D eigenvalue weighted by Crippen LogP contribution is 2.28. The van der Waals surface area contributed by atoms with Crippen LogP contribution in [-0.2, 0) is 21.2 Å². The van der Waals surface area contributed by atoms with Crippen molar-refractivity contribution in [3.05, 3.63) is 66.5 Å². The predicted octanol–water partition coefficient (Wildman–Crippen LogP) is 2.54. The first-order chi connectivity index (χ1) is 17.0. The van der Waals surface area contributed by atoms with Crippen molar-refractivity contribution in [1.29, 1.82) is 0 Å². The second-order valence-corrected chi connectivity index (χ2v) is 11.3. The average Bonchev–Trinajstić information content (AvgIpc) is 3.45. The number of carbonyl (C=O) groups is 1. The number of aromatic nitrogens is 4. The summed E-state index contributed by atoms with van der Waals surface area (Å²) in [6.07, 6.45) is 5.69. The third kappa shape index (κ3) is 5.28. The number of amides is 1. The van der Waals surface area contributed by atoms with E-state index in [1.54, 1.807) is 24.3 Å². The predicted molar refractivity (Wildman–Crippen MR) is 130 cm³/mol. The minimum atomic E-state index is -3.61. The van der Waals surface area contributed by atoms with E-state index in [2.05, 4.69) is 39.8 Å². The van der Waals surface area contributed by atoms with Gasteiger partial charge in [0, 0.05) is 32.1 Å². The van der Waals surface area contributed by atoms with E-state index in [9.17, 15) is 13.2 Å². The number of likely N-dealkylation sites (tertiary alicyclic amines) is 1. The molecule has 5 rings (SSSR count). The third-order valence-electron chi connectivity index (χ3n) is 7.18. The van der Waals surface area contributed by atoms with Gasteiger partial charge in [-0.2, -0.15) is 4.31 Å². The number of rotatable bonds is 6. The highest BCUT2D eigenvalue weighted by atomic mass is 32.2. The highest BCUT2D eigenvalue weighted by molar-refractivity contribution is 7.89. The summed E-state index contributed by atoms with van der Waals surface area (Å²) in [6.45, 7) is 2.31. The maximum atomic E-state index is 13.1. The van der Waals surface area contributed by atoms with Crippen LogP contribution in [0.4, 0.5) is 0 Å². The Balaban J connectivity index is 1.13. The van der Waals surface area contributed by atoms with E-state index in [1.165, 1.54) is 20.9 Å². The Bertz CT molecular complexity index is 1220. The Morgan fingerprint density at radius 2 is 1.57 bits per heavy atom. The van der Waals surface area contributed by atoms with Crippen molar-refractivity contribution in [1.82, 2.24) is 29.4 Å². The van der Waals surface area contributed by atoms with Gasteiger partial charge in [0.05, 0.1) is 10.6 Å². The van der Waals surface area contributed by atoms with Gasteiger partial charge in [-0.1, -0.05) is 30.3 Å². The first kappa shape index (κ1) is 23.6. The van der Waals surface area contributed by atoms with Crippen molar-refractivity contribution in [2.75, 3.05) is 26.2 Å². The van der Waals surface area contributed by atoms with Crippen LogP contribution in [0, 0.1) is 11.8 Å². The molecule has 0 spiro atoms. The molecule has 184 valence electrons. The highest BCUT2D eigenvalue weighted by Gasteiger charge is 2.34. The van der Waals surface area contributed by atoms with Crippen LogP contribution in [0.25, 0.3) is 5.69 Å². The van der Waals surface area contributed by atoms with E-state index in [-0.39, 0.29) is 16.7 Å². The van der Waals surface area contributed by atoms with Gasteiger partial charge in [-0.3, -0.25) is 4.79 Å². The monoisotopic (exact) mass is 494 g/mol. The molecule has 0 unspecified atom stereocenters. The van der Waals surface area contributed by atoms with Crippen LogP contribution in [-0.4, -0.2) is 69.9 Å². The Kier molecular flexibility index (Phi) is 6.92. The minimum Gasteiger partial charge on any atom is -0.342 e. The van der Waals surface area contributed by atoms with E-state index in [0.717, 1.165) is 32.4 Å². The molecule has 10 heteroatoms. The van der Waals surface area contributed by atoms with Crippen molar-refractivity contribution in [3.8, 4) is 5.69 Å². The molecular formula is C25H30N6O3S. The average molecular weight is 495 g/mol. The van der Waals surface area contributed by atoms with Gasteiger partial charge in [-0.05, 0) is 78.3 Å². The number of piperidine rings is 2. The number of tetrazole rings is 1. The molecule has 0 bridgehead atoms. The number of benzene rings is 2. The first-order valence-electron chi connectivity index (χ1n) is 12.2. The largest absolute Gasteiger partial charge is 0.342 e. The fourth-order valence-corrected chi connectivity index (χ4v) is 6.58. The second-order valence-electron chi connectivity index (χ2n) is 9.39. The molecule has 0 aliphatic carbocycles. The van der Waals surface area contributed by atoms with Crippen molar-refractivity contribution in [3.63, 3.8) is 0 Å². The number of sulfonamides is 1. The van der Waals surface area contributed by atoms with Crippen LogP contribution in [0.15, 0.2) is 65.8 Å². The number of nitrogens with zero attached hydrogens (tertiary/aromatic N) is 6. The zero-order valence-corrected chi connectivity index (χ0v) is 20.4. The number of hydrogen-bond donors (Lipinski definition) is 0. The zero-order chi connectivity index (χ0) is 24.3. The van der Waals surface area contributed by atoms with Crippen LogP contribution in [0.1, 0.15) is 31.2 Å². The fourth-order valence-electron chi connectivity index (χ4n) is 5.11. The summed E-state index contributed by atoms with van der Waals surface area (Å²) >= 11 is 0. The van der Waals surface area contributed by atoms with Crippen LogP contribution < -0.4 is 0 Å². The molecule has 0 saturated carbocycles. The molecule has 0 radical (unpaired) electrons. The summed E-state index contributed by atoms with van der Waals surface area (Å²) in [5, 5.41) is 11.0. The van der Waals surface area contributed by atoms with Gasteiger partial charge in [0.2, 0.25) is 15.9 Å². The molecule has 2 fully saturated rings. The molecule has 1 amide bonds.